The fourth-order valence-electron chi connectivity index (χ4n) is 4.07. The van der Waals surface area contributed by atoms with Gasteiger partial charge in [0.2, 0.25) is 12.5 Å². The van der Waals surface area contributed by atoms with Gasteiger partial charge in [0.1, 0.15) is 0 Å². The predicted octanol–water partition coefficient (Wildman–Crippen LogP) is 3.75. The van der Waals surface area contributed by atoms with Gasteiger partial charge in [-0.05, 0) is 60.1 Å². The molecule has 1 heterocycles. The molecule has 1 aliphatic heterocycles. The van der Waals surface area contributed by atoms with Crippen LogP contribution in [0.4, 0.5) is 0 Å². The van der Waals surface area contributed by atoms with Crippen LogP contribution in [0.2, 0.25) is 0 Å². The lowest BCUT2D eigenvalue weighted by molar-refractivity contribution is 0.0697. The van der Waals surface area contributed by atoms with E-state index in [4.69, 9.17) is 33.2 Å². The van der Waals surface area contributed by atoms with Gasteiger partial charge in [-0.25, -0.2) is 0 Å². The van der Waals surface area contributed by atoms with E-state index in [2.05, 4.69) is 6.07 Å². The van der Waals surface area contributed by atoms with Crippen LogP contribution >= 0.6 is 0 Å². The number of rotatable bonds is 12. The van der Waals surface area contributed by atoms with Crippen molar-refractivity contribution in [3.8, 4) is 28.7 Å². The molecule has 2 aromatic carbocycles. The molecule has 31 heavy (non-hydrogen) atoms. The molecule has 0 saturated carbocycles. The number of methoxy groups -OCH3 is 5. The van der Waals surface area contributed by atoms with Gasteiger partial charge in [-0.15, -0.1) is 0 Å². The first-order valence-electron chi connectivity index (χ1n) is 10.3. The third kappa shape index (κ3) is 5.54. The fourth-order valence-corrected chi connectivity index (χ4v) is 4.07. The predicted molar refractivity (Wildman–Crippen MR) is 117 cm³/mol. The molecule has 0 bridgehead atoms. The first-order valence-corrected chi connectivity index (χ1v) is 10.3. The van der Waals surface area contributed by atoms with E-state index in [-0.39, 0.29) is 18.6 Å². The van der Waals surface area contributed by atoms with Crippen molar-refractivity contribution in [3.63, 3.8) is 0 Å². The molecule has 0 N–H and O–H groups in total. The molecule has 7 heteroatoms. The van der Waals surface area contributed by atoms with Gasteiger partial charge < -0.3 is 33.2 Å². The summed E-state index contributed by atoms with van der Waals surface area (Å²) < 4.78 is 38.6. The van der Waals surface area contributed by atoms with Gasteiger partial charge in [-0.1, -0.05) is 6.07 Å². The smallest absolute Gasteiger partial charge is 0.231 e. The molecular weight excluding hydrogens is 400 g/mol. The van der Waals surface area contributed by atoms with Crippen LogP contribution in [-0.2, 0) is 22.3 Å². The summed E-state index contributed by atoms with van der Waals surface area (Å²) in [6, 6.07) is 10.1. The minimum absolute atomic E-state index is 0.211. The molecule has 0 spiro atoms. The SMILES string of the molecule is COC[C@@H](Cc1ccc(OC)c(OC)c1)[C@@H](COC)Cc1cc(OC)c2c(c1)OCO2. The van der Waals surface area contributed by atoms with Crippen molar-refractivity contribution in [3.05, 3.63) is 41.5 Å². The maximum Gasteiger partial charge on any atom is 0.231 e. The molecule has 170 valence electrons. The summed E-state index contributed by atoms with van der Waals surface area (Å²) in [5.74, 6) is 3.96. The van der Waals surface area contributed by atoms with Crippen LogP contribution in [0.25, 0.3) is 0 Å². The molecule has 7 nitrogen and oxygen atoms in total. The number of hydrogen-bond donors (Lipinski definition) is 0. The van der Waals surface area contributed by atoms with Crippen LogP contribution in [-0.4, -0.2) is 55.6 Å². The van der Waals surface area contributed by atoms with E-state index in [0.29, 0.717) is 30.5 Å². The third-order valence-corrected chi connectivity index (χ3v) is 5.59. The van der Waals surface area contributed by atoms with Crippen molar-refractivity contribution in [2.45, 2.75) is 12.8 Å². The van der Waals surface area contributed by atoms with Crippen molar-refractivity contribution in [2.24, 2.45) is 11.8 Å². The highest BCUT2D eigenvalue weighted by Crippen LogP contribution is 2.42. The Morgan fingerprint density at radius 3 is 1.94 bits per heavy atom. The molecule has 0 fully saturated rings. The topological polar surface area (TPSA) is 64.6 Å². The molecule has 0 radical (unpaired) electrons. The molecule has 2 aromatic rings. The Labute approximate surface area is 184 Å². The monoisotopic (exact) mass is 432 g/mol. The zero-order chi connectivity index (χ0) is 22.2. The van der Waals surface area contributed by atoms with Gasteiger partial charge in [0.25, 0.3) is 0 Å². The van der Waals surface area contributed by atoms with E-state index in [1.165, 1.54) is 0 Å². The number of ether oxygens (including phenoxy) is 7. The molecule has 0 aliphatic carbocycles. The molecule has 0 unspecified atom stereocenters. The maximum atomic E-state index is 5.59. The number of hydrogen-bond acceptors (Lipinski definition) is 7. The Hall–Kier alpha value is -2.64. The van der Waals surface area contributed by atoms with E-state index < -0.39 is 0 Å². The second-order valence-corrected chi connectivity index (χ2v) is 7.56. The molecule has 3 rings (SSSR count). The Morgan fingerprint density at radius 1 is 0.710 bits per heavy atom. The van der Waals surface area contributed by atoms with Crippen LogP contribution < -0.4 is 23.7 Å². The minimum Gasteiger partial charge on any atom is -0.493 e. The van der Waals surface area contributed by atoms with Gasteiger partial charge in [0, 0.05) is 27.4 Å². The van der Waals surface area contributed by atoms with Gasteiger partial charge >= 0.3 is 0 Å². The zero-order valence-electron chi connectivity index (χ0n) is 18.9. The summed E-state index contributed by atoms with van der Waals surface area (Å²) in [5.41, 5.74) is 2.26. The molecular formula is C24H32O7. The summed E-state index contributed by atoms with van der Waals surface area (Å²) in [6.07, 6.45) is 1.62. The lowest BCUT2D eigenvalue weighted by atomic mass is 9.83. The summed E-state index contributed by atoms with van der Waals surface area (Å²) in [5, 5.41) is 0. The van der Waals surface area contributed by atoms with Crippen molar-refractivity contribution >= 4 is 0 Å². The highest BCUT2D eigenvalue weighted by molar-refractivity contribution is 5.55. The Kier molecular flexibility index (Phi) is 8.26. The molecule has 0 saturated heterocycles. The van der Waals surface area contributed by atoms with E-state index in [0.717, 1.165) is 35.5 Å². The van der Waals surface area contributed by atoms with E-state index in [1.807, 2.05) is 24.3 Å². The third-order valence-electron chi connectivity index (χ3n) is 5.59. The van der Waals surface area contributed by atoms with Crippen molar-refractivity contribution in [1.29, 1.82) is 0 Å². The normalized spacial score (nSPS) is 14.2. The number of fused-ring (bicyclic) bond motifs is 1. The highest BCUT2D eigenvalue weighted by atomic mass is 16.7. The standard InChI is InChI=1S/C24H32O7/c1-25-13-18(8-16-6-7-20(27-3)21(10-16)28-4)19(14-26-2)9-17-11-22(29-5)24-23(12-17)30-15-31-24/h6-7,10-12,18-19H,8-9,13-15H2,1-5H3/t18-,19-/m1/s1. The van der Waals surface area contributed by atoms with Gasteiger partial charge in [-0.3, -0.25) is 0 Å². The summed E-state index contributed by atoms with van der Waals surface area (Å²) in [7, 11) is 8.38. The van der Waals surface area contributed by atoms with Crippen LogP contribution in [0.5, 0.6) is 28.7 Å². The van der Waals surface area contributed by atoms with Crippen LogP contribution in [0.1, 0.15) is 11.1 Å². The quantitative estimate of drug-likeness (QED) is 0.506. The van der Waals surface area contributed by atoms with E-state index >= 15 is 0 Å². The molecule has 0 aromatic heterocycles. The van der Waals surface area contributed by atoms with Crippen molar-refractivity contribution in [1.82, 2.24) is 0 Å². The summed E-state index contributed by atoms with van der Waals surface area (Å²) in [6.45, 7) is 1.43. The van der Waals surface area contributed by atoms with Gasteiger partial charge in [-0.2, -0.15) is 0 Å². The zero-order valence-corrected chi connectivity index (χ0v) is 18.9. The highest BCUT2D eigenvalue weighted by Gasteiger charge is 2.26. The molecule has 0 amide bonds. The second kappa shape index (κ2) is 11.1. The van der Waals surface area contributed by atoms with E-state index in [1.54, 1.807) is 35.5 Å². The van der Waals surface area contributed by atoms with Crippen molar-refractivity contribution in [2.75, 3.05) is 55.6 Å². The van der Waals surface area contributed by atoms with E-state index in [9.17, 15) is 0 Å². The Bertz CT molecular complexity index is 852. The van der Waals surface area contributed by atoms with Crippen molar-refractivity contribution < 1.29 is 33.2 Å². The Balaban J connectivity index is 1.83. The summed E-state index contributed by atoms with van der Waals surface area (Å²) in [4.78, 5) is 0. The average Bonchev–Trinajstić information content (AvgIpc) is 3.26. The molecule has 1 aliphatic rings. The number of benzene rings is 2. The fraction of sp³-hybridized carbons (Fsp3) is 0.500. The largest absolute Gasteiger partial charge is 0.493 e. The van der Waals surface area contributed by atoms with Gasteiger partial charge in [0.15, 0.2) is 23.0 Å². The first-order chi connectivity index (χ1) is 15.1. The van der Waals surface area contributed by atoms with Gasteiger partial charge in [0.05, 0.1) is 21.3 Å². The van der Waals surface area contributed by atoms with Crippen LogP contribution in [0.15, 0.2) is 30.3 Å². The minimum atomic E-state index is 0.211. The lowest BCUT2D eigenvalue weighted by Crippen LogP contribution is -2.27. The first kappa shape index (κ1) is 23.0. The average molecular weight is 433 g/mol. The molecule has 2 atom stereocenters. The summed E-state index contributed by atoms with van der Waals surface area (Å²) >= 11 is 0. The lowest BCUT2D eigenvalue weighted by Gasteiger charge is -2.27. The maximum absolute atomic E-state index is 5.59. The van der Waals surface area contributed by atoms with Crippen LogP contribution in [0.3, 0.4) is 0 Å². The Morgan fingerprint density at radius 2 is 1.32 bits per heavy atom. The van der Waals surface area contributed by atoms with Crippen LogP contribution in [0, 0.1) is 11.8 Å². The second-order valence-electron chi connectivity index (χ2n) is 7.56.